The quantitative estimate of drug-likeness (QED) is 0.927. The zero-order chi connectivity index (χ0) is 15.2. The molecule has 2 aliphatic heterocycles. The molecule has 0 aliphatic carbocycles. The van der Waals surface area contributed by atoms with E-state index in [0.717, 1.165) is 39.0 Å². The number of benzene rings is 1. The zero-order valence-corrected chi connectivity index (χ0v) is 13.5. The summed E-state index contributed by atoms with van der Waals surface area (Å²) in [4.78, 5) is 15.1. The molecule has 120 valence electrons. The van der Waals surface area contributed by atoms with E-state index in [1.54, 1.807) is 0 Å². The predicted molar refractivity (Wildman–Crippen MR) is 89.7 cm³/mol. The third-order valence-corrected chi connectivity index (χ3v) is 5.29. The van der Waals surface area contributed by atoms with Crippen molar-refractivity contribution in [1.82, 2.24) is 10.2 Å². The van der Waals surface area contributed by atoms with Gasteiger partial charge in [-0.1, -0.05) is 36.8 Å². The van der Waals surface area contributed by atoms with Crippen LogP contribution in [0.4, 0.5) is 0 Å². The second-order valence-electron chi connectivity index (χ2n) is 6.75. The fourth-order valence-electron chi connectivity index (χ4n) is 3.95. The highest BCUT2D eigenvalue weighted by atomic mass is 16.2. The summed E-state index contributed by atoms with van der Waals surface area (Å²) in [7, 11) is 0. The van der Waals surface area contributed by atoms with Gasteiger partial charge in [0.15, 0.2) is 0 Å². The minimum Gasteiger partial charge on any atom is -0.342 e. The van der Waals surface area contributed by atoms with E-state index in [2.05, 4.69) is 34.5 Å². The van der Waals surface area contributed by atoms with E-state index >= 15 is 0 Å². The third kappa shape index (κ3) is 3.89. The highest BCUT2D eigenvalue weighted by molar-refractivity contribution is 5.79. The minimum atomic E-state index is 0.278. The molecule has 3 rings (SSSR count). The van der Waals surface area contributed by atoms with Crippen LogP contribution in [0.3, 0.4) is 0 Å². The fraction of sp³-hybridized carbons (Fsp3) is 0.632. The fourth-order valence-corrected chi connectivity index (χ4v) is 3.95. The number of piperidine rings is 1. The first-order chi connectivity index (χ1) is 10.8. The predicted octanol–water partition coefficient (Wildman–Crippen LogP) is 2.86. The molecule has 1 atom stereocenters. The third-order valence-electron chi connectivity index (χ3n) is 5.29. The number of nitrogens with zero attached hydrogens (tertiary/aromatic N) is 1. The Labute approximate surface area is 134 Å². The molecule has 1 aromatic rings. The van der Waals surface area contributed by atoms with Gasteiger partial charge in [-0.15, -0.1) is 0 Å². The Hall–Kier alpha value is -1.35. The molecule has 3 heteroatoms. The van der Waals surface area contributed by atoms with Crippen molar-refractivity contribution in [2.75, 3.05) is 26.2 Å². The van der Waals surface area contributed by atoms with Crippen molar-refractivity contribution in [3.8, 4) is 0 Å². The van der Waals surface area contributed by atoms with Crippen LogP contribution >= 0.6 is 0 Å². The lowest BCUT2D eigenvalue weighted by Gasteiger charge is -2.32. The van der Waals surface area contributed by atoms with Crippen molar-refractivity contribution in [1.29, 1.82) is 0 Å². The summed E-state index contributed by atoms with van der Waals surface area (Å²) in [5, 5.41) is 3.42. The van der Waals surface area contributed by atoms with Gasteiger partial charge in [-0.2, -0.15) is 0 Å². The van der Waals surface area contributed by atoms with Crippen LogP contribution in [0.5, 0.6) is 0 Å². The molecule has 2 aliphatic rings. The van der Waals surface area contributed by atoms with Gasteiger partial charge in [-0.3, -0.25) is 4.79 Å². The molecule has 0 aromatic heterocycles. The van der Waals surface area contributed by atoms with E-state index in [9.17, 15) is 4.79 Å². The number of hydrogen-bond donors (Lipinski definition) is 1. The second kappa shape index (κ2) is 7.77. The van der Waals surface area contributed by atoms with E-state index in [4.69, 9.17) is 0 Å². The summed E-state index contributed by atoms with van der Waals surface area (Å²) in [6, 6.07) is 10.5. The van der Waals surface area contributed by atoms with E-state index in [1.165, 1.54) is 31.2 Å². The van der Waals surface area contributed by atoms with Gasteiger partial charge >= 0.3 is 0 Å². The molecule has 1 unspecified atom stereocenters. The largest absolute Gasteiger partial charge is 0.342 e. The molecule has 1 aromatic carbocycles. The Morgan fingerprint density at radius 2 is 1.82 bits per heavy atom. The summed E-state index contributed by atoms with van der Waals surface area (Å²) in [6.07, 6.45) is 6.80. The lowest BCUT2D eigenvalue weighted by molar-refractivity contribution is -0.137. The van der Waals surface area contributed by atoms with E-state index in [-0.39, 0.29) is 5.92 Å². The first kappa shape index (κ1) is 15.5. The summed E-state index contributed by atoms with van der Waals surface area (Å²) in [6.45, 7) is 3.99. The van der Waals surface area contributed by atoms with Gasteiger partial charge in [-0.05, 0) is 56.7 Å². The summed E-state index contributed by atoms with van der Waals surface area (Å²) in [5.41, 5.74) is 1.33. The number of rotatable bonds is 4. The molecular weight excluding hydrogens is 272 g/mol. The van der Waals surface area contributed by atoms with Crippen LogP contribution in [-0.2, 0) is 11.2 Å². The van der Waals surface area contributed by atoms with Crippen molar-refractivity contribution in [3.63, 3.8) is 0 Å². The molecule has 0 radical (unpaired) electrons. The van der Waals surface area contributed by atoms with Crippen LogP contribution in [0.15, 0.2) is 30.3 Å². The lowest BCUT2D eigenvalue weighted by Crippen LogP contribution is -2.41. The first-order valence-corrected chi connectivity index (χ1v) is 8.88. The molecule has 1 N–H and O–H groups in total. The molecule has 2 heterocycles. The molecule has 1 amide bonds. The van der Waals surface area contributed by atoms with Crippen LogP contribution in [0.25, 0.3) is 0 Å². The Bertz CT molecular complexity index is 468. The zero-order valence-electron chi connectivity index (χ0n) is 13.5. The number of hydrogen-bond acceptors (Lipinski definition) is 2. The number of carbonyl (C=O) groups is 1. The topological polar surface area (TPSA) is 32.3 Å². The molecule has 2 saturated heterocycles. The van der Waals surface area contributed by atoms with Crippen molar-refractivity contribution in [3.05, 3.63) is 35.9 Å². The maximum atomic E-state index is 13.0. The molecule has 0 saturated carbocycles. The van der Waals surface area contributed by atoms with Gasteiger partial charge in [0.1, 0.15) is 0 Å². The number of carbonyl (C=O) groups excluding carboxylic acids is 1. The normalized spacial score (nSPS) is 24.3. The Morgan fingerprint density at radius 3 is 2.59 bits per heavy atom. The van der Waals surface area contributed by atoms with Crippen molar-refractivity contribution in [2.45, 2.75) is 38.5 Å². The average molecular weight is 300 g/mol. The smallest absolute Gasteiger partial charge is 0.225 e. The van der Waals surface area contributed by atoms with Gasteiger partial charge in [0.2, 0.25) is 5.91 Å². The highest BCUT2D eigenvalue weighted by Gasteiger charge is 2.33. The SMILES string of the molecule is O=C1C(C2CCNCC2)CCCCN1CCc1ccccc1. The van der Waals surface area contributed by atoms with E-state index in [0.29, 0.717) is 11.8 Å². The Balaban J connectivity index is 1.61. The van der Waals surface area contributed by atoms with Gasteiger partial charge in [0, 0.05) is 19.0 Å². The summed E-state index contributed by atoms with van der Waals surface area (Å²) in [5.74, 6) is 1.31. The molecule has 0 bridgehead atoms. The summed E-state index contributed by atoms with van der Waals surface area (Å²) < 4.78 is 0. The van der Waals surface area contributed by atoms with E-state index < -0.39 is 0 Å². The van der Waals surface area contributed by atoms with Crippen LogP contribution < -0.4 is 5.32 Å². The van der Waals surface area contributed by atoms with Gasteiger partial charge in [0.25, 0.3) is 0 Å². The highest BCUT2D eigenvalue weighted by Crippen LogP contribution is 2.30. The Kier molecular flexibility index (Phi) is 5.49. The summed E-state index contributed by atoms with van der Waals surface area (Å²) >= 11 is 0. The number of nitrogens with one attached hydrogen (secondary N) is 1. The van der Waals surface area contributed by atoms with Crippen LogP contribution in [0.1, 0.15) is 37.7 Å². The van der Waals surface area contributed by atoms with Gasteiger partial charge in [-0.25, -0.2) is 0 Å². The van der Waals surface area contributed by atoms with Crippen molar-refractivity contribution in [2.24, 2.45) is 11.8 Å². The van der Waals surface area contributed by atoms with Crippen molar-refractivity contribution >= 4 is 5.91 Å². The standard InChI is InChI=1S/C19H28N2O/c22-19-18(17-9-12-20-13-10-17)8-4-5-14-21(19)15-11-16-6-2-1-3-7-16/h1-3,6-7,17-18,20H,4-5,8-15H2. The molecule has 0 spiro atoms. The lowest BCUT2D eigenvalue weighted by atomic mass is 9.81. The second-order valence-corrected chi connectivity index (χ2v) is 6.75. The van der Waals surface area contributed by atoms with Crippen LogP contribution in [0.2, 0.25) is 0 Å². The monoisotopic (exact) mass is 300 g/mol. The Morgan fingerprint density at radius 1 is 1.05 bits per heavy atom. The molecule has 3 nitrogen and oxygen atoms in total. The number of amides is 1. The van der Waals surface area contributed by atoms with Crippen molar-refractivity contribution < 1.29 is 4.79 Å². The maximum absolute atomic E-state index is 13.0. The van der Waals surface area contributed by atoms with Crippen LogP contribution in [-0.4, -0.2) is 37.0 Å². The first-order valence-electron chi connectivity index (χ1n) is 8.88. The molecule has 2 fully saturated rings. The number of likely N-dealkylation sites (tertiary alicyclic amines) is 1. The minimum absolute atomic E-state index is 0.278. The van der Waals surface area contributed by atoms with Gasteiger partial charge in [0.05, 0.1) is 0 Å². The van der Waals surface area contributed by atoms with Gasteiger partial charge < -0.3 is 10.2 Å². The van der Waals surface area contributed by atoms with Crippen LogP contribution in [0, 0.1) is 11.8 Å². The molecular formula is C19H28N2O. The maximum Gasteiger partial charge on any atom is 0.225 e. The molecule has 22 heavy (non-hydrogen) atoms. The van der Waals surface area contributed by atoms with E-state index in [1.807, 2.05) is 6.07 Å². The average Bonchev–Trinajstić information content (AvgIpc) is 2.76.